The largest absolute Gasteiger partial charge is 0.493 e. The first-order valence-corrected chi connectivity index (χ1v) is 5.90. The van der Waals surface area contributed by atoms with E-state index in [9.17, 15) is 13.2 Å². The number of ether oxygens (including phenoxy) is 1. The smallest absolute Gasteiger partial charge is 0.389 e. The molecule has 0 amide bonds. The second-order valence-electron chi connectivity index (χ2n) is 4.27. The van der Waals surface area contributed by atoms with Crippen molar-refractivity contribution in [1.82, 2.24) is 4.98 Å². The van der Waals surface area contributed by atoms with Crippen LogP contribution in [0.15, 0.2) is 11.2 Å². The van der Waals surface area contributed by atoms with E-state index in [4.69, 9.17) is 15.7 Å². The van der Waals surface area contributed by atoms with E-state index in [1.165, 1.54) is 6.07 Å². The molecule has 1 aromatic heterocycles. The van der Waals surface area contributed by atoms with E-state index in [2.05, 4.69) is 10.1 Å². The van der Waals surface area contributed by atoms with Crippen LogP contribution in [-0.2, 0) is 0 Å². The Morgan fingerprint density at radius 3 is 2.65 bits per heavy atom. The molecule has 5 nitrogen and oxygen atoms in total. The summed E-state index contributed by atoms with van der Waals surface area (Å²) in [6.07, 6.45) is -5.30. The van der Waals surface area contributed by atoms with Crippen LogP contribution in [0.4, 0.5) is 13.2 Å². The van der Waals surface area contributed by atoms with Crippen molar-refractivity contribution < 1.29 is 23.1 Å². The number of pyridine rings is 1. The van der Waals surface area contributed by atoms with E-state index >= 15 is 0 Å². The summed E-state index contributed by atoms with van der Waals surface area (Å²) in [5.41, 5.74) is 6.91. The van der Waals surface area contributed by atoms with Gasteiger partial charge in [0.2, 0.25) is 0 Å². The molecule has 0 aliphatic rings. The molecule has 0 spiro atoms. The zero-order chi connectivity index (χ0) is 15.3. The first-order chi connectivity index (χ1) is 9.24. The first-order valence-electron chi connectivity index (χ1n) is 5.90. The Morgan fingerprint density at radius 1 is 1.45 bits per heavy atom. The van der Waals surface area contributed by atoms with Crippen LogP contribution in [0.1, 0.15) is 29.8 Å². The Hall–Kier alpha value is -1.99. The van der Waals surface area contributed by atoms with Crippen LogP contribution in [0.25, 0.3) is 0 Å². The molecule has 0 unspecified atom stereocenters. The summed E-state index contributed by atoms with van der Waals surface area (Å²) in [5.74, 6) is 0.0632. The summed E-state index contributed by atoms with van der Waals surface area (Å²) in [4.78, 5) is 4.14. The number of alkyl halides is 3. The highest BCUT2D eigenvalue weighted by molar-refractivity contribution is 6.00. The highest BCUT2D eigenvalue weighted by atomic mass is 19.4. The topological polar surface area (TPSA) is 80.7 Å². The van der Waals surface area contributed by atoms with Gasteiger partial charge >= 0.3 is 6.18 Å². The van der Waals surface area contributed by atoms with Crippen molar-refractivity contribution in [3.05, 3.63) is 23.0 Å². The van der Waals surface area contributed by atoms with Gasteiger partial charge < -0.3 is 15.7 Å². The van der Waals surface area contributed by atoms with Gasteiger partial charge in [0.15, 0.2) is 5.84 Å². The minimum Gasteiger partial charge on any atom is -0.493 e. The lowest BCUT2D eigenvalue weighted by Gasteiger charge is -2.14. The molecular weight excluding hydrogens is 275 g/mol. The van der Waals surface area contributed by atoms with Gasteiger partial charge in [-0.15, -0.1) is 0 Å². The highest BCUT2D eigenvalue weighted by Crippen LogP contribution is 2.24. The number of amidine groups is 1. The maximum absolute atomic E-state index is 12.0. The summed E-state index contributed by atoms with van der Waals surface area (Å²) in [7, 11) is 0. The molecule has 0 aliphatic carbocycles. The number of nitrogens with zero attached hydrogens (tertiary/aromatic N) is 2. The molecule has 20 heavy (non-hydrogen) atoms. The van der Waals surface area contributed by atoms with Crippen LogP contribution in [0.3, 0.4) is 0 Å². The third kappa shape index (κ3) is 4.60. The normalized spacial score (nSPS) is 12.6. The van der Waals surface area contributed by atoms with Crippen molar-refractivity contribution >= 4 is 5.84 Å². The van der Waals surface area contributed by atoms with Crippen molar-refractivity contribution in [2.45, 2.75) is 32.9 Å². The molecule has 0 aromatic carbocycles. The van der Waals surface area contributed by atoms with E-state index in [0.29, 0.717) is 11.4 Å². The first kappa shape index (κ1) is 16.1. The molecule has 1 rings (SSSR count). The van der Waals surface area contributed by atoms with Crippen LogP contribution in [-0.4, -0.2) is 28.8 Å². The standard InChI is InChI=1S/C12H16F3N3O2/c1-7-6-9(20-5-3-4-12(13,14)15)10(8(2)17-7)11(16)18-19/h6,19H,3-5H2,1-2H3,(H2,16,18). The van der Waals surface area contributed by atoms with Gasteiger partial charge in [0.05, 0.1) is 17.9 Å². The summed E-state index contributed by atoms with van der Waals surface area (Å²) >= 11 is 0. The molecule has 3 N–H and O–H groups in total. The highest BCUT2D eigenvalue weighted by Gasteiger charge is 2.26. The minimum absolute atomic E-state index is 0.117. The molecule has 0 bridgehead atoms. The number of hydrogen-bond donors (Lipinski definition) is 2. The van der Waals surface area contributed by atoms with Gasteiger partial charge in [0, 0.05) is 18.2 Å². The number of hydrogen-bond acceptors (Lipinski definition) is 4. The molecular formula is C12H16F3N3O2. The summed E-state index contributed by atoms with van der Waals surface area (Å²) in [5, 5.41) is 11.6. The van der Waals surface area contributed by atoms with Gasteiger partial charge in [-0.2, -0.15) is 13.2 Å². The second-order valence-corrected chi connectivity index (χ2v) is 4.27. The van der Waals surface area contributed by atoms with Crippen molar-refractivity contribution in [1.29, 1.82) is 0 Å². The quantitative estimate of drug-likeness (QED) is 0.287. The fourth-order valence-corrected chi connectivity index (χ4v) is 1.72. The molecule has 0 saturated heterocycles. The zero-order valence-electron chi connectivity index (χ0n) is 11.2. The maximum Gasteiger partial charge on any atom is 0.389 e. The van der Waals surface area contributed by atoms with Gasteiger partial charge in [-0.3, -0.25) is 4.98 Å². The van der Waals surface area contributed by atoms with E-state index in [-0.39, 0.29) is 30.2 Å². The zero-order valence-corrected chi connectivity index (χ0v) is 11.2. The summed E-state index contributed by atoms with van der Waals surface area (Å²) < 4.78 is 41.4. The van der Waals surface area contributed by atoms with Crippen molar-refractivity contribution in [2.24, 2.45) is 10.9 Å². The molecule has 0 fully saturated rings. The van der Waals surface area contributed by atoms with Gasteiger partial charge in [-0.1, -0.05) is 5.16 Å². The average Bonchev–Trinajstić information content (AvgIpc) is 2.32. The number of aromatic nitrogens is 1. The Balaban J connectivity index is 2.83. The number of aryl methyl sites for hydroxylation is 2. The monoisotopic (exact) mass is 291 g/mol. The van der Waals surface area contributed by atoms with E-state index in [1.54, 1.807) is 13.8 Å². The molecule has 0 radical (unpaired) electrons. The maximum atomic E-state index is 12.0. The van der Waals surface area contributed by atoms with Crippen LogP contribution < -0.4 is 10.5 Å². The van der Waals surface area contributed by atoms with Crippen molar-refractivity contribution in [3.8, 4) is 5.75 Å². The summed E-state index contributed by atoms with van der Waals surface area (Å²) in [6, 6.07) is 1.54. The van der Waals surface area contributed by atoms with E-state index in [1.807, 2.05) is 0 Å². The lowest BCUT2D eigenvalue weighted by Crippen LogP contribution is -2.18. The fourth-order valence-electron chi connectivity index (χ4n) is 1.72. The molecule has 0 saturated carbocycles. The number of nitrogens with two attached hydrogens (primary N) is 1. The summed E-state index contributed by atoms with van der Waals surface area (Å²) in [6.45, 7) is 3.24. The Kier molecular flexibility index (Phi) is 5.18. The number of rotatable bonds is 5. The Bertz CT molecular complexity index is 501. The van der Waals surface area contributed by atoms with Gasteiger partial charge in [-0.05, 0) is 20.3 Å². The third-order valence-electron chi connectivity index (χ3n) is 2.52. The predicted octanol–water partition coefficient (Wildman–Crippen LogP) is 2.51. The SMILES string of the molecule is Cc1cc(OCCCC(F)(F)F)c(/C(N)=N/O)c(C)n1. The van der Waals surface area contributed by atoms with Crippen LogP contribution in [0, 0.1) is 13.8 Å². The Morgan fingerprint density at radius 2 is 2.10 bits per heavy atom. The predicted molar refractivity (Wildman–Crippen MR) is 67.0 cm³/mol. The lowest BCUT2D eigenvalue weighted by atomic mass is 10.1. The van der Waals surface area contributed by atoms with Crippen LogP contribution in [0.2, 0.25) is 0 Å². The molecule has 0 aliphatic heterocycles. The second kappa shape index (κ2) is 6.44. The third-order valence-corrected chi connectivity index (χ3v) is 2.52. The van der Waals surface area contributed by atoms with Crippen molar-refractivity contribution in [2.75, 3.05) is 6.61 Å². The molecule has 1 aromatic rings. The van der Waals surface area contributed by atoms with E-state index < -0.39 is 12.6 Å². The van der Waals surface area contributed by atoms with Gasteiger partial charge in [-0.25, -0.2) is 0 Å². The number of halogens is 3. The molecule has 8 heteroatoms. The van der Waals surface area contributed by atoms with Crippen LogP contribution >= 0.6 is 0 Å². The van der Waals surface area contributed by atoms with Crippen LogP contribution in [0.5, 0.6) is 5.75 Å². The lowest BCUT2D eigenvalue weighted by molar-refractivity contribution is -0.136. The van der Waals surface area contributed by atoms with E-state index in [0.717, 1.165) is 0 Å². The molecule has 1 heterocycles. The fraction of sp³-hybridized carbons (Fsp3) is 0.500. The van der Waals surface area contributed by atoms with Gasteiger partial charge in [0.1, 0.15) is 5.75 Å². The minimum atomic E-state index is -4.21. The van der Waals surface area contributed by atoms with Gasteiger partial charge in [0.25, 0.3) is 0 Å². The average molecular weight is 291 g/mol. The molecule has 112 valence electrons. The van der Waals surface area contributed by atoms with Crippen molar-refractivity contribution in [3.63, 3.8) is 0 Å². The Labute approximate surface area is 114 Å². The number of oxime groups is 1. The molecule has 0 atom stereocenters.